The van der Waals surface area contributed by atoms with Crippen molar-refractivity contribution in [2.24, 2.45) is 11.3 Å². The Morgan fingerprint density at radius 2 is 2.25 bits per heavy atom. The Morgan fingerprint density at radius 1 is 1.31 bits per heavy atom. The Hall–Kier alpha value is -0.0800. The lowest BCUT2D eigenvalue weighted by atomic mass is 9.62. The van der Waals surface area contributed by atoms with Crippen LogP contribution in [-0.2, 0) is 0 Å². The first kappa shape index (κ1) is 11.0. The molecule has 0 saturated carbocycles. The number of nitrogens with zero attached hydrogens (tertiary/aromatic N) is 1. The van der Waals surface area contributed by atoms with Crippen LogP contribution in [0.25, 0.3) is 0 Å². The van der Waals surface area contributed by atoms with E-state index in [2.05, 4.69) is 17.1 Å². The van der Waals surface area contributed by atoms with Crippen LogP contribution in [0.3, 0.4) is 0 Å². The molecule has 1 spiro atoms. The highest BCUT2D eigenvalue weighted by atomic mass is 15.2. The average molecular weight is 222 g/mol. The van der Waals surface area contributed by atoms with Crippen LogP contribution >= 0.6 is 0 Å². The molecule has 3 unspecified atom stereocenters. The molecule has 0 aromatic carbocycles. The van der Waals surface area contributed by atoms with Gasteiger partial charge in [0.25, 0.3) is 0 Å². The minimum absolute atomic E-state index is 0.714. The second-order valence-corrected chi connectivity index (χ2v) is 6.21. The molecule has 92 valence electrons. The molecule has 3 heterocycles. The van der Waals surface area contributed by atoms with Gasteiger partial charge in [-0.1, -0.05) is 13.3 Å². The highest BCUT2D eigenvalue weighted by Crippen LogP contribution is 2.48. The van der Waals surface area contributed by atoms with Crippen molar-refractivity contribution in [2.45, 2.75) is 51.5 Å². The minimum Gasteiger partial charge on any atom is -0.316 e. The zero-order valence-electron chi connectivity index (χ0n) is 10.7. The van der Waals surface area contributed by atoms with Crippen molar-refractivity contribution in [1.82, 2.24) is 10.2 Å². The van der Waals surface area contributed by atoms with Gasteiger partial charge in [0.2, 0.25) is 0 Å². The topological polar surface area (TPSA) is 15.3 Å². The molecule has 0 radical (unpaired) electrons. The molecule has 0 aromatic rings. The molecule has 3 fully saturated rings. The first-order valence-electron chi connectivity index (χ1n) is 7.29. The number of hydrogen-bond donors (Lipinski definition) is 1. The standard InChI is InChI=1S/C14H26N2/c1-2-12-11-15-7-5-14(12)6-9-16-8-3-4-13(16)10-14/h12-13,15H,2-11H2,1H3. The molecule has 2 nitrogen and oxygen atoms in total. The number of piperidine rings is 2. The highest BCUT2D eigenvalue weighted by molar-refractivity contribution is 4.99. The fourth-order valence-corrected chi connectivity index (χ4v) is 4.57. The van der Waals surface area contributed by atoms with Gasteiger partial charge in [-0.05, 0) is 69.6 Å². The van der Waals surface area contributed by atoms with Crippen molar-refractivity contribution >= 4 is 0 Å². The first-order valence-corrected chi connectivity index (χ1v) is 7.29. The van der Waals surface area contributed by atoms with E-state index in [1.165, 1.54) is 64.7 Å². The molecule has 3 rings (SSSR count). The van der Waals surface area contributed by atoms with Gasteiger partial charge < -0.3 is 10.2 Å². The molecule has 2 heteroatoms. The van der Waals surface area contributed by atoms with Crippen LogP contribution in [0.5, 0.6) is 0 Å². The first-order chi connectivity index (χ1) is 7.84. The predicted octanol–water partition coefficient (Wildman–Crippen LogP) is 2.25. The van der Waals surface area contributed by atoms with E-state index in [0.717, 1.165) is 12.0 Å². The number of rotatable bonds is 1. The summed E-state index contributed by atoms with van der Waals surface area (Å²) in [5.74, 6) is 0.948. The van der Waals surface area contributed by atoms with Crippen LogP contribution in [0.15, 0.2) is 0 Å². The third kappa shape index (κ3) is 1.70. The van der Waals surface area contributed by atoms with Crippen LogP contribution in [0, 0.1) is 11.3 Å². The van der Waals surface area contributed by atoms with Gasteiger partial charge in [0.05, 0.1) is 0 Å². The normalized spacial score (nSPS) is 44.8. The van der Waals surface area contributed by atoms with Crippen LogP contribution in [0.2, 0.25) is 0 Å². The fourth-order valence-electron chi connectivity index (χ4n) is 4.57. The lowest BCUT2D eigenvalue weighted by Crippen LogP contribution is -2.52. The summed E-state index contributed by atoms with van der Waals surface area (Å²) in [6.07, 6.45) is 8.73. The Kier molecular flexibility index (Phi) is 2.97. The summed E-state index contributed by atoms with van der Waals surface area (Å²) in [6, 6.07) is 0.945. The van der Waals surface area contributed by atoms with Gasteiger partial charge in [0.1, 0.15) is 0 Å². The summed E-state index contributed by atoms with van der Waals surface area (Å²) < 4.78 is 0. The third-order valence-electron chi connectivity index (χ3n) is 5.59. The maximum Gasteiger partial charge on any atom is 0.0101 e. The zero-order valence-corrected chi connectivity index (χ0v) is 10.7. The van der Waals surface area contributed by atoms with Crippen LogP contribution in [-0.4, -0.2) is 37.1 Å². The van der Waals surface area contributed by atoms with Crippen molar-refractivity contribution in [3.63, 3.8) is 0 Å². The van der Waals surface area contributed by atoms with Gasteiger partial charge in [-0.15, -0.1) is 0 Å². The molecule has 0 aliphatic carbocycles. The molecule has 3 aliphatic rings. The number of nitrogens with one attached hydrogen (secondary N) is 1. The summed E-state index contributed by atoms with van der Waals surface area (Å²) in [7, 11) is 0. The summed E-state index contributed by atoms with van der Waals surface area (Å²) >= 11 is 0. The van der Waals surface area contributed by atoms with Crippen molar-refractivity contribution in [1.29, 1.82) is 0 Å². The summed E-state index contributed by atoms with van der Waals surface area (Å²) in [4.78, 5) is 2.76. The van der Waals surface area contributed by atoms with Crippen LogP contribution < -0.4 is 5.32 Å². The molecule has 16 heavy (non-hydrogen) atoms. The molecule has 3 saturated heterocycles. The van der Waals surface area contributed by atoms with Gasteiger partial charge in [-0.2, -0.15) is 0 Å². The Morgan fingerprint density at radius 3 is 3.12 bits per heavy atom. The number of hydrogen-bond acceptors (Lipinski definition) is 2. The van der Waals surface area contributed by atoms with E-state index in [4.69, 9.17) is 0 Å². The maximum absolute atomic E-state index is 3.60. The fraction of sp³-hybridized carbons (Fsp3) is 1.00. The molecular formula is C14H26N2. The van der Waals surface area contributed by atoms with E-state index in [-0.39, 0.29) is 0 Å². The monoisotopic (exact) mass is 222 g/mol. The Labute approximate surface area is 99.8 Å². The van der Waals surface area contributed by atoms with E-state index in [1.54, 1.807) is 0 Å². The summed E-state index contributed by atoms with van der Waals surface area (Å²) in [6.45, 7) is 7.71. The van der Waals surface area contributed by atoms with Gasteiger partial charge in [-0.25, -0.2) is 0 Å². The highest BCUT2D eigenvalue weighted by Gasteiger charge is 2.46. The second kappa shape index (κ2) is 4.30. The zero-order chi connectivity index (χ0) is 11.0. The van der Waals surface area contributed by atoms with Crippen molar-refractivity contribution in [3.05, 3.63) is 0 Å². The quantitative estimate of drug-likeness (QED) is 0.732. The lowest BCUT2D eigenvalue weighted by molar-refractivity contribution is 0.00179. The van der Waals surface area contributed by atoms with Gasteiger partial charge in [-0.3, -0.25) is 0 Å². The Bertz CT molecular complexity index is 253. The molecular weight excluding hydrogens is 196 g/mol. The smallest absolute Gasteiger partial charge is 0.0101 e. The van der Waals surface area contributed by atoms with Gasteiger partial charge in [0, 0.05) is 6.04 Å². The molecule has 1 N–H and O–H groups in total. The van der Waals surface area contributed by atoms with E-state index in [9.17, 15) is 0 Å². The molecule has 3 atom stereocenters. The van der Waals surface area contributed by atoms with E-state index < -0.39 is 0 Å². The van der Waals surface area contributed by atoms with E-state index >= 15 is 0 Å². The predicted molar refractivity (Wildman–Crippen MR) is 67.5 cm³/mol. The maximum atomic E-state index is 3.60. The third-order valence-corrected chi connectivity index (χ3v) is 5.59. The molecule has 0 amide bonds. The van der Waals surface area contributed by atoms with E-state index in [1.807, 2.05) is 0 Å². The van der Waals surface area contributed by atoms with Crippen molar-refractivity contribution in [3.8, 4) is 0 Å². The largest absolute Gasteiger partial charge is 0.316 e. The Balaban J connectivity index is 1.76. The van der Waals surface area contributed by atoms with Gasteiger partial charge >= 0.3 is 0 Å². The van der Waals surface area contributed by atoms with E-state index in [0.29, 0.717) is 5.41 Å². The second-order valence-electron chi connectivity index (χ2n) is 6.21. The molecule has 3 aliphatic heterocycles. The number of fused-ring (bicyclic) bond motifs is 1. The SMILES string of the molecule is CCC1CNCCC12CCN1CCCC1C2. The average Bonchev–Trinajstić information content (AvgIpc) is 2.76. The lowest BCUT2D eigenvalue weighted by Gasteiger charge is -2.51. The molecule has 0 bridgehead atoms. The van der Waals surface area contributed by atoms with Crippen molar-refractivity contribution < 1.29 is 0 Å². The van der Waals surface area contributed by atoms with Crippen LogP contribution in [0.4, 0.5) is 0 Å². The summed E-state index contributed by atoms with van der Waals surface area (Å²) in [5, 5.41) is 3.60. The minimum atomic E-state index is 0.714. The summed E-state index contributed by atoms with van der Waals surface area (Å²) in [5.41, 5.74) is 0.714. The van der Waals surface area contributed by atoms with Crippen LogP contribution in [0.1, 0.15) is 45.4 Å². The van der Waals surface area contributed by atoms with Crippen molar-refractivity contribution in [2.75, 3.05) is 26.2 Å². The molecule has 0 aromatic heterocycles. The van der Waals surface area contributed by atoms with Gasteiger partial charge in [0.15, 0.2) is 0 Å².